The molecule has 5 nitrogen and oxygen atoms in total. The first-order valence-electron chi connectivity index (χ1n) is 7.97. The fourth-order valence-electron chi connectivity index (χ4n) is 2.95. The molecule has 138 valence electrons. The van der Waals surface area contributed by atoms with E-state index in [0.29, 0.717) is 5.56 Å². The minimum atomic E-state index is -0.687. The molecule has 0 aliphatic carbocycles. The van der Waals surface area contributed by atoms with Gasteiger partial charge >= 0.3 is 0 Å². The summed E-state index contributed by atoms with van der Waals surface area (Å²) in [6.45, 7) is 0.0912. The summed E-state index contributed by atoms with van der Waals surface area (Å²) in [4.78, 5) is 17.7. The minimum absolute atomic E-state index is 0.0324. The van der Waals surface area contributed by atoms with E-state index < -0.39 is 23.4 Å². The lowest BCUT2D eigenvalue weighted by Crippen LogP contribution is -2.25. The number of hydrogen-bond donors (Lipinski definition) is 0. The monoisotopic (exact) mass is 437 g/mol. The van der Waals surface area contributed by atoms with Crippen molar-refractivity contribution in [1.82, 2.24) is 10.1 Å². The molecule has 1 saturated heterocycles. The maximum Gasteiger partial charge on any atom is 0.232 e. The average Bonchev–Trinajstić information content (AvgIpc) is 3.26. The van der Waals surface area contributed by atoms with E-state index in [1.165, 1.54) is 23.1 Å². The normalized spacial score (nSPS) is 17.0. The number of amides is 1. The second kappa shape index (κ2) is 6.80. The van der Waals surface area contributed by atoms with Crippen LogP contribution >= 0.6 is 15.9 Å². The Hall–Kier alpha value is -2.68. The Bertz CT molecular complexity index is 1040. The second-order valence-corrected chi connectivity index (χ2v) is 6.94. The first-order chi connectivity index (χ1) is 12.9. The van der Waals surface area contributed by atoms with Crippen LogP contribution in [-0.4, -0.2) is 22.6 Å². The van der Waals surface area contributed by atoms with Gasteiger partial charge in [-0.05, 0) is 46.3 Å². The lowest BCUT2D eigenvalue weighted by atomic mass is 10.1. The maximum atomic E-state index is 14.0. The Morgan fingerprint density at radius 3 is 2.67 bits per heavy atom. The predicted octanol–water partition coefficient (Wildman–Crippen LogP) is 4.44. The highest BCUT2D eigenvalue weighted by Crippen LogP contribution is 2.33. The van der Waals surface area contributed by atoms with E-state index in [9.17, 15) is 18.0 Å². The molecule has 0 bridgehead atoms. The van der Waals surface area contributed by atoms with Gasteiger partial charge in [0.15, 0.2) is 0 Å². The van der Waals surface area contributed by atoms with Gasteiger partial charge in [0.05, 0.1) is 16.1 Å². The van der Waals surface area contributed by atoms with Crippen LogP contribution in [0.3, 0.4) is 0 Å². The summed E-state index contributed by atoms with van der Waals surface area (Å²) in [6.07, 6.45) is 0.0324. The summed E-state index contributed by atoms with van der Waals surface area (Å²) in [5, 5.41) is 3.86. The highest BCUT2D eigenvalue weighted by Gasteiger charge is 2.36. The maximum absolute atomic E-state index is 14.0. The van der Waals surface area contributed by atoms with Gasteiger partial charge in [-0.2, -0.15) is 4.98 Å². The van der Waals surface area contributed by atoms with Gasteiger partial charge in [-0.3, -0.25) is 4.79 Å². The molecule has 1 aliphatic rings. The minimum Gasteiger partial charge on any atom is -0.339 e. The average molecular weight is 438 g/mol. The molecule has 27 heavy (non-hydrogen) atoms. The SMILES string of the molecule is O=C1CC(c2nc(-c3ccc(F)c(Br)c3)no2)CN1c1cc(F)ccc1F. The van der Waals surface area contributed by atoms with Crippen molar-refractivity contribution in [1.29, 1.82) is 0 Å². The topological polar surface area (TPSA) is 59.2 Å². The van der Waals surface area contributed by atoms with E-state index in [-0.39, 0.29) is 40.7 Å². The molecule has 1 aromatic heterocycles. The fourth-order valence-corrected chi connectivity index (χ4v) is 3.33. The molecular weight excluding hydrogens is 427 g/mol. The zero-order valence-electron chi connectivity index (χ0n) is 13.6. The molecule has 2 aromatic carbocycles. The van der Waals surface area contributed by atoms with Crippen LogP contribution in [0.15, 0.2) is 45.4 Å². The molecule has 1 atom stereocenters. The third-order valence-electron chi connectivity index (χ3n) is 4.29. The Balaban J connectivity index is 1.58. The van der Waals surface area contributed by atoms with E-state index in [0.717, 1.165) is 18.2 Å². The summed E-state index contributed by atoms with van der Waals surface area (Å²) in [7, 11) is 0. The number of halogens is 4. The van der Waals surface area contributed by atoms with Gasteiger partial charge in [-0.15, -0.1) is 0 Å². The van der Waals surface area contributed by atoms with Crippen molar-refractivity contribution < 1.29 is 22.5 Å². The molecule has 0 radical (unpaired) electrons. The van der Waals surface area contributed by atoms with E-state index in [1.54, 1.807) is 0 Å². The molecule has 1 aliphatic heterocycles. The molecule has 0 N–H and O–H groups in total. The van der Waals surface area contributed by atoms with Crippen LogP contribution in [0.2, 0.25) is 0 Å². The highest BCUT2D eigenvalue weighted by atomic mass is 79.9. The van der Waals surface area contributed by atoms with E-state index in [1.807, 2.05) is 0 Å². The number of anilines is 1. The Kier molecular flexibility index (Phi) is 4.47. The van der Waals surface area contributed by atoms with Crippen LogP contribution in [0.4, 0.5) is 18.9 Å². The van der Waals surface area contributed by atoms with E-state index in [2.05, 4.69) is 26.1 Å². The third kappa shape index (κ3) is 3.34. The molecule has 1 unspecified atom stereocenters. The van der Waals surface area contributed by atoms with Gasteiger partial charge in [0.2, 0.25) is 17.6 Å². The number of carbonyl (C=O) groups is 1. The summed E-state index contributed by atoms with van der Waals surface area (Å²) in [5.74, 6) is -2.11. The summed E-state index contributed by atoms with van der Waals surface area (Å²) < 4.78 is 46.3. The molecule has 0 saturated carbocycles. The van der Waals surface area contributed by atoms with E-state index >= 15 is 0 Å². The summed E-state index contributed by atoms with van der Waals surface area (Å²) >= 11 is 3.09. The molecular formula is C18H11BrF3N3O2. The number of hydrogen-bond acceptors (Lipinski definition) is 4. The smallest absolute Gasteiger partial charge is 0.232 e. The van der Waals surface area contributed by atoms with Gasteiger partial charge in [0.1, 0.15) is 17.5 Å². The highest BCUT2D eigenvalue weighted by molar-refractivity contribution is 9.10. The van der Waals surface area contributed by atoms with Crippen molar-refractivity contribution in [3.63, 3.8) is 0 Å². The molecule has 1 fully saturated rings. The number of rotatable bonds is 3. The van der Waals surface area contributed by atoms with Crippen LogP contribution in [0, 0.1) is 17.5 Å². The predicted molar refractivity (Wildman–Crippen MR) is 93.5 cm³/mol. The van der Waals surface area contributed by atoms with Crippen molar-refractivity contribution in [2.45, 2.75) is 12.3 Å². The molecule has 3 aromatic rings. The zero-order valence-corrected chi connectivity index (χ0v) is 15.2. The van der Waals surface area contributed by atoms with Crippen LogP contribution in [0.5, 0.6) is 0 Å². The molecule has 1 amide bonds. The number of benzene rings is 2. The lowest BCUT2D eigenvalue weighted by molar-refractivity contribution is -0.117. The number of carbonyl (C=O) groups excluding carboxylic acids is 1. The van der Waals surface area contributed by atoms with Crippen molar-refractivity contribution >= 4 is 27.5 Å². The summed E-state index contributed by atoms with van der Waals surface area (Å²) in [6, 6.07) is 7.22. The zero-order chi connectivity index (χ0) is 19.1. The van der Waals surface area contributed by atoms with Crippen LogP contribution in [-0.2, 0) is 4.79 Å². The Morgan fingerprint density at radius 2 is 1.89 bits per heavy atom. The Labute approximate surface area is 159 Å². The Morgan fingerprint density at radius 1 is 1.11 bits per heavy atom. The van der Waals surface area contributed by atoms with Gasteiger partial charge in [-0.25, -0.2) is 13.2 Å². The van der Waals surface area contributed by atoms with Crippen LogP contribution < -0.4 is 4.90 Å². The van der Waals surface area contributed by atoms with Crippen molar-refractivity contribution in [3.05, 3.63) is 64.2 Å². The van der Waals surface area contributed by atoms with Crippen molar-refractivity contribution in [2.75, 3.05) is 11.4 Å². The first-order valence-corrected chi connectivity index (χ1v) is 8.76. The van der Waals surface area contributed by atoms with E-state index in [4.69, 9.17) is 4.52 Å². The first kappa shape index (κ1) is 17.7. The number of nitrogens with zero attached hydrogens (tertiary/aromatic N) is 3. The van der Waals surface area contributed by atoms with Crippen LogP contribution in [0.1, 0.15) is 18.2 Å². The molecule has 0 spiro atoms. The van der Waals surface area contributed by atoms with Gasteiger partial charge < -0.3 is 9.42 Å². The largest absolute Gasteiger partial charge is 0.339 e. The standard InChI is InChI=1S/C18H11BrF3N3O2/c19-12-5-9(1-3-13(12)21)17-23-18(27-24-17)10-6-16(26)25(8-10)15-7-11(20)2-4-14(15)22/h1-5,7,10H,6,8H2. The number of aromatic nitrogens is 2. The summed E-state index contributed by atoms with van der Waals surface area (Å²) in [5.41, 5.74) is 0.417. The molecule has 4 rings (SSSR count). The molecule has 2 heterocycles. The van der Waals surface area contributed by atoms with Crippen molar-refractivity contribution in [3.8, 4) is 11.4 Å². The lowest BCUT2D eigenvalue weighted by Gasteiger charge is -2.16. The quantitative estimate of drug-likeness (QED) is 0.607. The molecule has 9 heteroatoms. The van der Waals surface area contributed by atoms with Gasteiger partial charge in [-0.1, -0.05) is 5.16 Å². The second-order valence-electron chi connectivity index (χ2n) is 6.09. The fraction of sp³-hybridized carbons (Fsp3) is 0.167. The van der Waals surface area contributed by atoms with Gasteiger partial charge in [0, 0.05) is 24.6 Å². The third-order valence-corrected chi connectivity index (χ3v) is 4.90. The van der Waals surface area contributed by atoms with Crippen molar-refractivity contribution in [2.24, 2.45) is 0 Å². The van der Waals surface area contributed by atoms with Gasteiger partial charge in [0.25, 0.3) is 0 Å². The van der Waals surface area contributed by atoms with Crippen LogP contribution in [0.25, 0.3) is 11.4 Å².